The fourth-order valence-electron chi connectivity index (χ4n) is 5.16. The number of carbonyl (C=O) groups excluding carboxylic acids is 2. The van der Waals surface area contributed by atoms with E-state index in [4.69, 9.17) is 9.72 Å². The first-order valence-corrected chi connectivity index (χ1v) is 13.3. The summed E-state index contributed by atoms with van der Waals surface area (Å²) in [6.07, 6.45) is 0.350. The highest BCUT2D eigenvalue weighted by Gasteiger charge is 2.35. The van der Waals surface area contributed by atoms with Crippen LogP contribution >= 0.6 is 0 Å². The Balaban J connectivity index is 1.42. The molecule has 1 aliphatic rings. The number of fused-ring (bicyclic) bond motifs is 1. The summed E-state index contributed by atoms with van der Waals surface area (Å²) in [5.74, 6) is 1.53. The Morgan fingerprint density at radius 2 is 1.74 bits per heavy atom. The first-order valence-electron chi connectivity index (χ1n) is 13.3. The lowest BCUT2D eigenvalue weighted by Crippen LogP contribution is -2.39. The van der Waals surface area contributed by atoms with Crippen LogP contribution in [0, 0.1) is 0 Å². The lowest BCUT2D eigenvalue weighted by Gasteiger charge is -2.28. The summed E-state index contributed by atoms with van der Waals surface area (Å²) in [5, 5.41) is 0. The van der Waals surface area contributed by atoms with Crippen molar-refractivity contribution in [3.05, 3.63) is 90.3 Å². The van der Waals surface area contributed by atoms with Crippen LogP contribution in [-0.4, -0.2) is 45.5 Å². The minimum atomic E-state index is -0.115. The Hall–Kier alpha value is -4.13. The summed E-state index contributed by atoms with van der Waals surface area (Å²) in [7, 11) is 0. The molecule has 1 aliphatic heterocycles. The van der Waals surface area contributed by atoms with Gasteiger partial charge in [-0.1, -0.05) is 42.5 Å². The van der Waals surface area contributed by atoms with Crippen molar-refractivity contribution in [2.24, 2.45) is 0 Å². The molecular weight excluding hydrogens is 476 g/mol. The van der Waals surface area contributed by atoms with Crippen molar-refractivity contribution in [2.75, 3.05) is 18.1 Å². The molecule has 1 fully saturated rings. The van der Waals surface area contributed by atoms with Crippen molar-refractivity contribution in [3.8, 4) is 5.75 Å². The molecule has 0 bridgehead atoms. The van der Waals surface area contributed by atoms with Gasteiger partial charge in [0.15, 0.2) is 0 Å². The van der Waals surface area contributed by atoms with E-state index < -0.39 is 0 Å². The number of hydrogen-bond donors (Lipinski definition) is 0. The number of aromatic nitrogens is 2. The summed E-state index contributed by atoms with van der Waals surface area (Å²) < 4.78 is 7.56. The fourth-order valence-corrected chi connectivity index (χ4v) is 5.16. The molecule has 0 spiro atoms. The molecule has 4 aromatic rings. The molecule has 1 atom stereocenters. The van der Waals surface area contributed by atoms with E-state index in [1.54, 1.807) is 0 Å². The Labute approximate surface area is 223 Å². The number of para-hydroxylation sites is 2. The molecular formula is C31H34N4O3. The average molecular weight is 511 g/mol. The average Bonchev–Trinajstić information content (AvgIpc) is 3.48. The molecule has 1 saturated heterocycles. The van der Waals surface area contributed by atoms with Crippen LogP contribution in [0.2, 0.25) is 0 Å². The van der Waals surface area contributed by atoms with Gasteiger partial charge in [0.1, 0.15) is 18.1 Å². The van der Waals surface area contributed by atoms with Gasteiger partial charge in [0, 0.05) is 37.2 Å². The van der Waals surface area contributed by atoms with E-state index >= 15 is 0 Å². The maximum absolute atomic E-state index is 13.7. The normalized spacial score (nSPS) is 15.4. The summed E-state index contributed by atoms with van der Waals surface area (Å²) in [6.45, 7) is 7.86. The number of amides is 2. The van der Waals surface area contributed by atoms with E-state index in [1.165, 1.54) is 0 Å². The zero-order valence-electron chi connectivity index (χ0n) is 22.2. The van der Waals surface area contributed by atoms with Gasteiger partial charge in [-0.15, -0.1) is 0 Å². The molecule has 2 amide bonds. The second-order valence-corrected chi connectivity index (χ2v) is 9.98. The molecule has 0 saturated carbocycles. The zero-order chi connectivity index (χ0) is 26.6. The Kier molecular flexibility index (Phi) is 7.45. The van der Waals surface area contributed by atoms with Gasteiger partial charge in [-0.3, -0.25) is 9.59 Å². The molecule has 7 nitrogen and oxygen atoms in total. The summed E-state index contributed by atoms with van der Waals surface area (Å²) in [4.78, 5) is 35.4. The Morgan fingerprint density at radius 1 is 1.03 bits per heavy atom. The summed E-state index contributed by atoms with van der Waals surface area (Å²) in [6, 6.07) is 25.6. The number of rotatable bonds is 9. The summed E-state index contributed by atoms with van der Waals surface area (Å²) >= 11 is 0. The molecule has 3 aromatic carbocycles. The van der Waals surface area contributed by atoms with Gasteiger partial charge in [-0.25, -0.2) is 4.98 Å². The molecule has 1 unspecified atom stereocenters. The second-order valence-electron chi connectivity index (χ2n) is 9.98. The molecule has 1 aromatic heterocycles. The minimum absolute atomic E-state index is 0.0287. The van der Waals surface area contributed by atoms with Crippen molar-refractivity contribution in [2.45, 2.75) is 52.2 Å². The molecule has 0 radical (unpaired) electrons. The molecule has 0 N–H and O–H groups in total. The third kappa shape index (κ3) is 5.28. The largest absolute Gasteiger partial charge is 0.494 e. The molecule has 2 heterocycles. The number of ether oxygens (including phenoxy) is 1. The lowest BCUT2D eigenvalue weighted by molar-refractivity contribution is -0.134. The first-order chi connectivity index (χ1) is 18.4. The number of benzene rings is 3. The van der Waals surface area contributed by atoms with Crippen LogP contribution in [0.4, 0.5) is 5.69 Å². The standard InChI is InChI=1S/C31H34N4O3/c1-4-38-26-16-14-25(15-17-26)34-20-24(18-29(34)36)31-32-27-12-8-9-13-28(27)35(31)21-30(37)33(22(2)3)19-23-10-6-5-7-11-23/h5-17,22,24H,4,18-21H2,1-3H3. The van der Waals surface area contributed by atoms with E-state index in [-0.39, 0.29) is 30.3 Å². The van der Waals surface area contributed by atoms with Crippen molar-refractivity contribution < 1.29 is 14.3 Å². The van der Waals surface area contributed by atoms with Gasteiger partial charge in [0.2, 0.25) is 11.8 Å². The van der Waals surface area contributed by atoms with Crippen LogP contribution in [0.25, 0.3) is 11.0 Å². The van der Waals surface area contributed by atoms with Crippen molar-refractivity contribution in [1.29, 1.82) is 0 Å². The van der Waals surface area contributed by atoms with Gasteiger partial charge in [0.25, 0.3) is 0 Å². The number of hydrogen-bond acceptors (Lipinski definition) is 4. The summed E-state index contributed by atoms with van der Waals surface area (Å²) in [5.41, 5.74) is 3.68. The van der Waals surface area contributed by atoms with Crippen LogP contribution in [0.1, 0.15) is 44.5 Å². The number of imidazole rings is 1. The first kappa shape index (κ1) is 25.5. The van der Waals surface area contributed by atoms with Gasteiger partial charge >= 0.3 is 0 Å². The van der Waals surface area contributed by atoms with E-state index in [1.807, 2.05) is 114 Å². The zero-order valence-corrected chi connectivity index (χ0v) is 22.2. The quantitative estimate of drug-likeness (QED) is 0.303. The van der Waals surface area contributed by atoms with Crippen LogP contribution < -0.4 is 9.64 Å². The SMILES string of the molecule is CCOc1ccc(N2CC(c3nc4ccccc4n3CC(=O)N(Cc3ccccc3)C(C)C)CC2=O)cc1. The van der Waals surface area contributed by atoms with Crippen LogP contribution in [-0.2, 0) is 22.7 Å². The Bertz CT molecular complexity index is 1410. The number of anilines is 1. The van der Waals surface area contributed by atoms with E-state index in [2.05, 4.69) is 0 Å². The van der Waals surface area contributed by atoms with Gasteiger partial charge in [0.05, 0.1) is 17.6 Å². The number of carbonyl (C=O) groups is 2. The molecule has 38 heavy (non-hydrogen) atoms. The van der Waals surface area contributed by atoms with Crippen molar-refractivity contribution in [1.82, 2.24) is 14.5 Å². The van der Waals surface area contributed by atoms with Crippen LogP contribution in [0.15, 0.2) is 78.9 Å². The van der Waals surface area contributed by atoms with E-state index in [0.29, 0.717) is 26.1 Å². The molecule has 196 valence electrons. The Morgan fingerprint density at radius 3 is 2.45 bits per heavy atom. The monoisotopic (exact) mass is 510 g/mol. The van der Waals surface area contributed by atoms with Crippen molar-refractivity contribution in [3.63, 3.8) is 0 Å². The third-order valence-electron chi connectivity index (χ3n) is 7.07. The highest BCUT2D eigenvalue weighted by atomic mass is 16.5. The minimum Gasteiger partial charge on any atom is -0.494 e. The fraction of sp³-hybridized carbons (Fsp3) is 0.323. The van der Waals surface area contributed by atoms with Crippen molar-refractivity contribution >= 4 is 28.5 Å². The number of nitrogens with zero attached hydrogens (tertiary/aromatic N) is 4. The maximum atomic E-state index is 13.7. The second kappa shape index (κ2) is 11.1. The van der Waals surface area contributed by atoms with Crippen LogP contribution in [0.5, 0.6) is 5.75 Å². The van der Waals surface area contributed by atoms with E-state index in [9.17, 15) is 9.59 Å². The van der Waals surface area contributed by atoms with Crippen LogP contribution in [0.3, 0.4) is 0 Å². The van der Waals surface area contributed by atoms with E-state index in [0.717, 1.165) is 33.9 Å². The highest BCUT2D eigenvalue weighted by Crippen LogP contribution is 2.34. The van der Waals surface area contributed by atoms with Gasteiger partial charge < -0.3 is 19.1 Å². The highest BCUT2D eigenvalue weighted by molar-refractivity contribution is 5.96. The topological polar surface area (TPSA) is 67.7 Å². The van der Waals surface area contributed by atoms with Gasteiger partial charge in [-0.05, 0) is 62.7 Å². The molecule has 7 heteroatoms. The predicted octanol–water partition coefficient (Wildman–Crippen LogP) is 5.39. The predicted molar refractivity (Wildman–Crippen MR) is 149 cm³/mol. The maximum Gasteiger partial charge on any atom is 0.243 e. The van der Waals surface area contributed by atoms with Gasteiger partial charge in [-0.2, -0.15) is 0 Å². The molecule has 0 aliphatic carbocycles. The lowest BCUT2D eigenvalue weighted by atomic mass is 10.1. The molecule has 5 rings (SSSR count). The smallest absolute Gasteiger partial charge is 0.243 e. The third-order valence-corrected chi connectivity index (χ3v) is 7.07.